The third kappa shape index (κ3) is 3.55. The molecule has 0 spiro atoms. The van der Waals surface area contributed by atoms with Crippen molar-refractivity contribution in [2.75, 3.05) is 19.8 Å². The highest BCUT2D eigenvalue weighted by molar-refractivity contribution is 6.31. The number of carbonyl (C=O) groups is 1. The second kappa shape index (κ2) is 7.78. The number of halogens is 1. The van der Waals surface area contributed by atoms with Crippen LogP contribution in [0.1, 0.15) is 28.8 Å². The average Bonchev–Trinajstić information content (AvgIpc) is 2.72. The lowest BCUT2D eigenvalue weighted by atomic mass is 9.74. The second-order valence-electron chi connectivity index (χ2n) is 7.15. The highest BCUT2D eigenvalue weighted by atomic mass is 35.5. The van der Waals surface area contributed by atoms with Crippen LogP contribution in [0.3, 0.4) is 0 Å². The number of nitrogens with one attached hydrogen (secondary N) is 2. The van der Waals surface area contributed by atoms with Crippen molar-refractivity contribution in [3.63, 3.8) is 0 Å². The Hall–Kier alpha value is -2.63. The van der Waals surface area contributed by atoms with Crippen LogP contribution in [-0.4, -0.2) is 30.6 Å². The molecule has 0 saturated carbocycles. The van der Waals surface area contributed by atoms with Gasteiger partial charge in [0.15, 0.2) is 0 Å². The Morgan fingerprint density at radius 3 is 2.61 bits per heavy atom. The van der Waals surface area contributed by atoms with Crippen LogP contribution in [0.25, 0.3) is 10.9 Å². The van der Waals surface area contributed by atoms with Gasteiger partial charge in [-0.3, -0.25) is 9.59 Å². The number of aromatic amines is 1. The minimum absolute atomic E-state index is 0.264. The van der Waals surface area contributed by atoms with Gasteiger partial charge in [-0.2, -0.15) is 0 Å². The summed E-state index contributed by atoms with van der Waals surface area (Å²) in [4.78, 5) is 27.7. The second-order valence-corrected chi connectivity index (χ2v) is 7.56. The van der Waals surface area contributed by atoms with Crippen LogP contribution >= 0.6 is 11.6 Å². The quantitative estimate of drug-likeness (QED) is 0.707. The topological polar surface area (TPSA) is 71.2 Å². The Morgan fingerprint density at radius 1 is 1.11 bits per heavy atom. The van der Waals surface area contributed by atoms with Crippen LogP contribution < -0.4 is 10.9 Å². The van der Waals surface area contributed by atoms with Crippen molar-refractivity contribution >= 4 is 28.4 Å². The number of rotatable bonds is 4. The van der Waals surface area contributed by atoms with E-state index in [0.717, 1.165) is 23.8 Å². The lowest BCUT2D eigenvalue weighted by Gasteiger charge is -2.38. The maximum Gasteiger partial charge on any atom is 0.252 e. The van der Waals surface area contributed by atoms with Gasteiger partial charge in [0.25, 0.3) is 5.91 Å². The summed E-state index contributed by atoms with van der Waals surface area (Å²) in [6.07, 6.45) is 1.54. The molecule has 0 bridgehead atoms. The summed E-state index contributed by atoms with van der Waals surface area (Å²) in [7, 11) is 0. The molecule has 4 rings (SSSR count). The van der Waals surface area contributed by atoms with Gasteiger partial charge >= 0.3 is 0 Å². The number of amides is 1. The number of hydrogen-bond acceptors (Lipinski definition) is 3. The normalized spacial score (nSPS) is 16.0. The Balaban J connectivity index is 1.64. The predicted molar refractivity (Wildman–Crippen MR) is 110 cm³/mol. The van der Waals surface area contributed by atoms with E-state index in [4.69, 9.17) is 16.3 Å². The third-order valence-corrected chi connectivity index (χ3v) is 5.81. The molecule has 1 aromatic heterocycles. The number of H-pyrrole nitrogens is 1. The van der Waals surface area contributed by atoms with E-state index in [1.807, 2.05) is 42.5 Å². The monoisotopic (exact) mass is 396 g/mol. The average molecular weight is 397 g/mol. The number of fused-ring (bicyclic) bond motifs is 1. The zero-order valence-corrected chi connectivity index (χ0v) is 16.1. The summed E-state index contributed by atoms with van der Waals surface area (Å²) >= 11 is 6.48. The molecule has 1 fully saturated rings. The third-order valence-electron chi connectivity index (χ3n) is 5.48. The van der Waals surface area contributed by atoms with Crippen molar-refractivity contribution in [1.82, 2.24) is 10.3 Å². The van der Waals surface area contributed by atoms with Gasteiger partial charge in [-0.1, -0.05) is 48.0 Å². The maximum atomic E-state index is 13.0. The van der Waals surface area contributed by atoms with Gasteiger partial charge in [0.2, 0.25) is 5.56 Å². The van der Waals surface area contributed by atoms with Crippen molar-refractivity contribution in [2.24, 2.45) is 0 Å². The number of aromatic nitrogens is 1. The number of ether oxygens (including phenoxy) is 1. The van der Waals surface area contributed by atoms with E-state index in [1.165, 1.54) is 6.07 Å². The lowest BCUT2D eigenvalue weighted by Crippen LogP contribution is -2.45. The van der Waals surface area contributed by atoms with Gasteiger partial charge in [-0.05, 0) is 30.5 Å². The number of para-hydroxylation sites is 1. The Bertz CT molecular complexity index is 1070. The van der Waals surface area contributed by atoms with Gasteiger partial charge < -0.3 is 15.0 Å². The first-order valence-electron chi connectivity index (χ1n) is 9.32. The highest BCUT2D eigenvalue weighted by Gasteiger charge is 2.36. The Labute approximate surface area is 167 Å². The fraction of sp³-hybridized carbons (Fsp3) is 0.273. The minimum Gasteiger partial charge on any atom is -0.381 e. The summed E-state index contributed by atoms with van der Waals surface area (Å²) in [6, 6.07) is 16.4. The van der Waals surface area contributed by atoms with Gasteiger partial charge in [0.05, 0.1) is 5.56 Å². The highest BCUT2D eigenvalue weighted by Crippen LogP contribution is 2.38. The van der Waals surface area contributed by atoms with E-state index in [0.29, 0.717) is 35.9 Å². The van der Waals surface area contributed by atoms with E-state index < -0.39 is 0 Å². The van der Waals surface area contributed by atoms with E-state index in [2.05, 4.69) is 10.3 Å². The van der Waals surface area contributed by atoms with Crippen molar-refractivity contribution in [3.05, 3.63) is 81.1 Å². The van der Waals surface area contributed by atoms with Crippen molar-refractivity contribution < 1.29 is 9.53 Å². The summed E-state index contributed by atoms with van der Waals surface area (Å²) in [5.74, 6) is -0.264. The van der Waals surface area contributed by atoms with Crippen LogP contribution in [0.5, 0.6) is 0 Å². The zero-order chi connectivity index (χ0) is 19.6. The molecule has 0 unspecified atom stereocenters. The van der Waals surface area contributed by atoms with Crippen LogP contribution in [0.4, 0.5) is 0 Å². The maximum absolute atomic E-state index is 13.0. The molecule has 0 radical (unpaired) electrons. The predicted octanol–water partition coefficient (Wildman–Crippen LogP) is 3.66. The summed E-state index contributed by atoms with van der Waals surface area (Å²) in [6.45, 7) is 1.67. The molecule has 0 aliphatic carbocycles. The van der Waals surface area contributed by atoms with Crippen LogP contribution in [0.15, 0.2) is 59.4 Å². The molecule has 1 saturated heterocycles. The fourth-order valence-corrected chi connectivity index (χ4v) is 4.27. The molecular weight excluding hydrogens is 376 g/mol. The molecule has 0 atom stereocenters. The molecule has 5 nitrogen and oxygen atoms in total. The van der Waals surface area contributed by atoms with Crippen molar-refractivity contribution in [2.45, 2.75) is 18.3 Å². The van der Waals surface area contributed by atoms with E-state index in [1.54, 1.807) is 6.07 Å². The first kappa shape index (κ1) is 18.7. The van der Waals surface area contributed by atoms with Crippen molar-refractivity contribution in [3.8, 4) is 0 Å². The minimum atomic E-state index is -0.296. The number of hydrogen-bond donors (Lipinski definition) is 2. The molecule has 2 N–H and O–H groups in total. The molecule has 3 aromatic rings. The molecule has 6 heteroatoms. The largest absolute Gasteiger partial charge is 0.381 e. The Morgan fingerprint density at radius 2 is 1.82 bits per heavy atom. The number of benzene rings is 2. The van der Waals surface area contributed by atoms with Crippen LogP contribution in [-0.2, 0) is 10.2 Å². The zero-order valence-electron chi connectivity index (χ0n) is 15.3. The molecule has 1 amide bonds. The smallest absolute Gasteiger partial charge is 0.252 e. The van der Waals surface area contributed by atoms with Gasteiger partial charge in [0.1, 0.15) is 0 Å². The first-order valence-corrected chi connectivity index (χ1v) is 9.70. The van der Waals surface area contributed by atoms with Crippen molar-refractivity contribution in [1.29, 1.82) is 0 Å². The molecule has 1 aliphatic heterocycles. The number of pyridine rings is 1. The number of carbonyl (C=O) groups excluding carboxylic acids is 1. The van der Waals surface area contributed by atoms with E-state index >= 15 is 0 Å². The fourth-order valence-electron chi connectivity index (χ4n) is 3.93. The van der Waals surface area contributed by atoms with Gasteiger partial charge in [-0.15, -0.1) is 0 Å². The Kier molecular flexibility index (Phi) is 5.20. The van der Waals surface area contributed by atoms with Crippen LogP contribution in [0, 0.1) is 0 Å². The summed E-state index contributed by atoms with van der Waals surface area (Å²) in [5.41, 5.74) is 1.46. The molecule has 2 aromatic carbocycles. The first-order chi connectivity index (χ1) is 13.6. The van der Waals surface area contributed by atoms with Gasteiger partial charge in [0, 0.05) is 47.2 Å². The van der Waals surface area contributed by atoms with E-state index in [9.17, 15) is 9.59 Å². The van der Waals surface area contributed by atoms with E-state index in [-0.39, 0.29) is 16.9 Å². The standard InChI is InChI=1S/C22H21ClN2O3/c23-18-7-3-2-6-17(18)22(9-11-28-12-10-22)14-24-21(27)16-13-20(26)25-19-8-4-1-5-15(16)19/h1-8,13H,9-12,14H2,(H,24,27)(H,25,26). The summed E-state index contributed by atoms with van der Waals surface area (Å²) < 4.78 is 5.55. The molecule has 144 valence electrons. The van der Waals surface area contributed by atoms with Gasteiger partial charge in [-0.25, -0.2) is 0 Å². The molecule has 2 heterocycles. The van der Waals surface area contributed by atoms with Crippen LogP contribution in [0.2, 0.25) is 5.02 Å². The molecule has 28 heavy (non-hydrogen) atoms. The lowest BCUT2D eigenvalue weighted by molar-refractivity contribution is 0.0487. The summed E-state index contributed by atoms with van der Waals surface area (Å²) in [5, 5.41) is 4.46. The SMILES string of the molecule is O=C(NCC1(c2ccccc2Cl)CCOCC1)c1cc(=O)[nH]c2ccccc12. The molecule has 1 aliphatic rings. The molecular formula is C22H21ClN2O3.